The van der Waals surface area contributed by atoms with E-state index in [1.165, 1.54) is 0 Å². The molecule has 5 heteroatoms. The second kappa shape index (κ2) is 6.59. The molecule has 1 heterocycles. The molecule has 20 heavy (non-hydrogen) atoms. The molecular weight excluding hydrogens is 256 g/mol. The van der Waals surface area contributed by atoms with Crippen molar-refractivity contribution < 1.29 is 14.3 Å². The molecule has 5 nitrogen and oxygen atoms in total. The monoisotopic (exact) mass is 278 g/mol. The van der Waals surface area contributed by atoms with Gasteiger partial charge in [-0.15, -0.1) is 0 Å². The lowest BCUT2D eigenvalue weighted by molar-refractivity contribution is 0.0766. The fourth-order valence-corrected chi connectivity index (χ4v) is 1.97. The van der Waals surface area contributed by atoms with E-state index in [1.54, 1.807) is 24.3 Å². The standard InChI is InChI=1S/C15H22N2O3/c1-3-4-10-19-14(18)17(2)15(7-8-15)12-20-13-6-5-9-16-11-13/h5-6,9,11H,3-4,7-8,10,12H2,1-2H3. The van der Waals surface area contributed by atoms with Crippen molar-refractivity contribution in [3.8, 4) is 5.75 Å². The summed E-state index contributed by atoms with van der Waals surface area (Å²) in [5, 5.41) is 0. The van der Waals surface area contributed by atoms with Crippen molar-refractivity contribution in [1.82, 2.24) is 9.88 Å². The zero-order valence-corrected chi connectivity index (χ0v) is 12.2. The number of nitrogens with zero attached hydrogens (tertiary/aromatic N) is 2. The number of likely N-dealkylation sites (N-methyl/N-ethyl adjacent to an activating group) is 1. The van der Waals surface area contributed by atoms with Crippen molar-refractivity contribution >= 4 is 6.09 Å². The number of carbonyl (C=O) groups is 1. The van der Waals surface area contributed by atoms with E-state index < -0.39 is 0 Å². The van der Waals surface area contributed by atoms with Gasteiger partial charge in [-0.25, -0.2) is 4.79 Å². The third kappa shape index (κ3) is 3.62. The average Bonchev–Trinajstić information content (AvgIpc) is 3.27. The van der Waals surface area contributed by atoms with Crippen molar-refractivity contribution in [2.75, 3.05) is 20.3 Å². The zero-order valence-electron chi connectivity index (χ0n) is 12.2. The largest absolute Gasteiger partial charge is 0.490 e. The number of pyridine rings is 1. The lowest BCUT2D eigenvalue weighted by atomic mass is 10.2. The summed E-state index contributed by atoms with van der Waals surface area (Å²) in [5.74, 6) is 0.728. The summed E-state index contributed by atoms with van der Waals surface area (Å²) >= 11 is 0. The van der Waals surface area contributed by atoms with Crippen LogP contribution in [0.3, 0.4) is 0 Å². The Morgan fingerprint density at radius 3 is 2.90 bits per heavy atom. The van der Waals surface area contributed by atoms with E-state index in [-0.39, 0.29) is 11.6 Å². The fourth-order valence-electron chi connectivity index (χ4n) is 1.97. The lowest BCUT2D eigenvalue weighted by Gasteiger charge is -2.27. The Kier molecular flexibility index (Phi) is 4.82. The van der Waals surface area contributed by atoms with Gasteiger partial charge in [0.1, 0.15) is 12.4 Å². The Morgan fingerprint density at radius 1 is 1.50 bits per heavy atom. The second-order valence-electron chi connectivity index (χ2n) is 5.23. The first-order chi connectivity index (χ1) is 9.68. The smallest absolute Gasteiger partial charge is 0.410 e. The molecule has 1 fully saturated rings. The van der Waals surface area contributed by atoms with Crippen molar-refractivity contribution in [2.45, 2.75) is 38.1 Å². The topological polar surface area (TPSA) is 51.7 Å². The van der Waals surface area contributed by atoms with Gasteiger partial charge in [-0.1, -0.05) is 13.3 Å². The molecule has 0 radical (unpaired) electrons. The quantitative estimate of drug-likeness (QED) is 0.720. The Morgan fingerprint density at radius 2 is 2.30 bits per heavy atom. The first-order valence-corrected chi connectivity index (χ1v) is 7.11. The van der Waals surface area contributed by atoms with Gasteiger partial charge >= 0.3 is 6.09 Å². The van der Waals surface area contributed by atoms with Crippen LogP contribution in [0, 0.1) is 0 Å². The van der Waals surface area contributed by atoms with Crippen LogP contribution in [0.25, 0.3) is 0 Å². The third-order valence-electron chi connectivity index (χ3n) is 3.68. The number of aromatic nitrogens is 1. The first kappa shape index (κ1) is 14.6. The number of hydrogen-bond donors (Lipinski definition) is 0. The SMILES string of the molecule is CCCCOC(=O)N(C)C1(COc2cccnc2)CC1. The number of unbranched alkanes of at least 4 members (excludes halogenated alkanes) is 1. The van der Waals surface area contributed by atoms with Crippen molar-refractivity contribution in [2.24, 2.45) is 0 Å². The highest BCUT2D eigenvalue weighted by Crippen LogP contribution is 2.41. The Bertz CT molecular complexity index is 432. The Hall–Kier alpha value is -1.78. The van der Waals surface area contributed by atoms with Gasteiger partial charge in [0.2, 0.25) is 0 Å². The number of carbonyl (C=O) groups excluding carboxylic acids is 1. The molecule has 2 rings (SSSR count). The summed E-state index contributed by atoms with van der Waals surface area (Å²) < 4.78 is 11.0. The Labute approximate surface area is 119 Å². The highest BCUT2D eigenvalue weighted by atomic mass is 16.6. The predicted molar refractivity (Wildman–Crippen MR) is 75.7 cm³/mol. The molecule has 0 aliphatic heterocycles. The van der Waals surface area contributed by atoms with E-state index in [0.29, 0.717) is 13.2 Å². The van der Waals surface area contributed by atoms with Crippen LogP contribution in [-0.4, -0.2) is 41.8 Å². The van der Waals surface area contributed by atoms with Gasteiger partial charge < -0.3 is 14.4 Å². The van der Waals surface area contributed by atoms with Crippen LogP contribution in [0.15, 0.2) is 24.5 Å². The number of ether oxygens (including phenoxy) is 2. The fraction of sp³-hybridized carbons (Fsp3) is 0.600. The molecule has 1 amide bonds. The van der Waals surface area contributed by atoms with Crippen LogP contribution in [0.4, 0.5) is 4.79 Å². The molecule has 0 bridgehead atoms. The van der Waals surface area contributed by atoms with E-state index in [2.05, 4.69) is 11.9 Å². The van der Waals surface area contributed by atoms with Crippen molar-refractivity contribution in [3.63, 3.8) is 0 Å². The minimum atomic E-state index is -0.259. The molecule has 0 aromatic carbocycles. The normalized spacial score (nSPS) is 15.5. The summed E-state index contributed by atoms with van der Waals surface area (Å²) in [5.41, 5.74) is -0.209. The van der Waals surface area contributed by atoms with Crippen LogP contribution >= 0.6 is 0 Å². The van der Waals surface area contributed by atoms with E-state index >= 15 is 0 Å². The second-order valence-corrected chi connectivity index (χ2v) is 5.23. The van der Waals surface area contributed by atoms with Gasteiger partial charge in [0.15, 0.2) is 0 Å². The van der Waals surface area contributed by atoms with E-state index in [9.17, 15) is 4.79 Å². The lowest BCUT2D eigenvalue weighted by Crippen LogP contribution is -2.43. The maximum Gasteiger partial charge on any atom is 0.410 e. The molecule has 1 aliphatic carbocycles. The molecule has 0 spiro atoms. The molecule has 0 atom stereocenters. The van der Waals surface area contributed by atoms with Crippen molar-refractivity contribution in [3.05, 3.63) is 24.5 Å². The molecular formula is C15H22N2O3. The maximum atomic E-state index is 12.0. The van der Waals surface area contributed by atoms with Crippen LogP contribution in [0.5, 0.6) is 5.75 Å². The average molecular weight is 278 g/mol. The molecule has 0 unspecified atom stereocenters. The van der Waals surface area contributed by atoms with Gasteiger partial charge in [0.05, 0.1) is 18.3 Å². The van der Waals surface area contributed by atoms with E-state index in [4.69, 9.17) is 9.47 Å². The molecule has 1 saturated carbocycles. The molecule has 1 aliphatic rings. The zero-order chi connectivity index (χ0) is 14.4. The minimum Gasteiger partial charge on any atom is -0.490 e. The van der Waals surface area contributed by atoms with Crippen LogP contribution < -0.4 is 4.74 Å². The highest BCUT2D eigenvalue weighted by Gasteiger charge is 2.50. The number of hydrogen-bond acceptors (Lipinski definition) is 4. The van der Waals surface area contributed by atoms with Gasteiger partial charge in [-0.05, 0) is 31.4 Å². The van der Waals surface area contributed by atoms with Crippen LogP contribution in [0.2, 0.25) is 0 Å². The van der Waals surface area contributed by atoms with Gasteiger partial charge in [-0.3, -0.25) is 4.98 Å². The summed E-state index contributed by atoms with van der Waals surface area (Å²) in [4.78, 5) is 17.6. The third-order valence-corrected chi connectivity index (χ3v) is 3.68. The molecule has 0 N–H and O–H groups in total. The highest BCUT2D eigenvalue weighted by molar-refractivity contribution is 5.69. The maximum absolute atomic E-state index is 12.0. The molecule has 0 saturated heterocycles. The number of rotatable bonds is 7. The number of amides is 1. The first-order valence-electron chi connectivity index (χ1n) is 7.11. The van der Waals surface area contributed by atoms with E-state index in [0.717, 1.165) is 31.4 Å². The molecule has 110 valence electrons. The summed E-state index contributed by atoms with van der Waals surface area (Å²) in [6, 6.07) is 3.69. The summed E-state index contributed by atoms with van der Waals surface area (Å²) in [6.07, 6.45) is 6.95. The predicted octanol–water partition coefficient (Wildman–Crippen LogP) is 2.86. The van der Waals surface area contributed by atoms with Gasteiger partial charge in [0.25, 0.3) is 0 Å². The van der Waals surface area contributed by atoms with E-state index in [1.807, 2.05) is 12.1 Å². The van der Waals surface area contributed by atoms with Crippen LogP contribution in [0.1, 0.15) is 32.6 Å². The Balaban J connectivity index is 1.82. The van der Waals surface area contributed by atoms with Crippen LogP contribution in [-0.2, 0) is 4.74 Å². The summed E-state index contributed by atoms with van der Waals surface area (Å²) in [7, 11) is 1.79. The van der Waals surface area contributed by atoms with Gasteiger partial charge in [0, 0.05) is 13.2 Å². The molecule has 1 aromatic heterocycles. The van der Waals surface area contributed by atoms with Crippen molar-refractivity contribution in [1.29, 1.82) is 0 Å². The van der Waals surface area contributed by atoms with Gasteiger partial charge in [-0.2, -0.15) is 0 Å². The summed E-state index contributed by atoms with van der Waals surface area (Å²) in [6.45, 7) is 3.04. The molecule has 1 aromatic rings. The minimum absolute atomic E-state index is 0.209.